The lowest BCUT2D eigenvalue weighted by atomic mass is 9.94. The standard InChI is InChI=1S/C19H38N2O2/c1-14(2)7-6-8-20-9-15-11-22-18-16(12-23-17(15)18)10-21-13-19(3,4)5/h14-18,20-21H,6-13H2,1-5H3. The highest BCUT2D eigenvalue weighted by Gasteiger charge is 2.46. The van der Waals surface area contributed by atoms with Gasteiger partial charge in [0.2, 0.25) is 0 Å². The van der Waals surface area contributed by atoms with Gasteiger partial charge in [0.25, 0.3) is 0 Å². The summed E-state index contributed by atoms with van der Waals surface area (Å²) in [7, 11) is 0. The van der Waals surface area contributed by atoms with Gasteiger partial charge in [-0.3, -0.25) is 0 Å². The van der Waals surface area contributed by atoms with Crippen molar-refractivity contribution < 1.29 is 9.47 Å². The van der Waals surface area contributed by atoms with E-state index in [0.29, 0.717) is 29.5 Å². The van der Waals surface area contributed by atoms with E-state index < -0.39 is 0 Å². The Morgan fingerprint density at radius 1 is 0.957 bits per heavy atom. The molecule has 2 fully saturated rings. The molecule has 0 aromatic carbocycles. The van der Waals surface area contributed by atoms with Gasteiger partial charge >= 0.3 is 0 Å². The fourth-order valence-corrected chi connectivity index (χ4v) is 3.56. The van der Waals surface area contributed by atoms with Crippen molar-refractivity contribution in [3.8, 4) is 0 Å². The van der Waals surface area contributed by atoms with E-state index in [4.69, 9.17) is 9.47 Å². The molecule has 4 atom stereocenters. The molecule has 0 radical (unpaired) electrons. The second-order valence-corrected chi connectivity index (χ2v) is 9.05. The van der Waals surface area contributed by atoms with Gasteiger partial charge in [0.15, 0.2) is 0 Å². The maximum Gasteiger partial charge on any atom is 0.0903 e. The number of nitrogens with one attached hydrogen (secondary N) is 2. The number of ether oxygens (including phenoxy) is 2. The van der Waals surface area contributed by atoms with Crippen LogP contribution in [0.2, 0.25) is 0 Å². The molecule has 23 heavy (non-hydrogen) atoms. The zero-order valence-corrected chi connectivity index (χ0v) is 15.9. The van der Waals surface area contributed by atoms with Crippen LogP contribution in [0, 0.1) is 23.2 Å². The van der Waals surface area contributed by atoms with E-state index in [2.05, 4.69) is 45.3 Å². The zero-order valence-electron chi connectivity index (χ0n) is 15.9. The van der Waals surface area contributed by atoms with Gasteiger partial charge in [0.1, 0.15) is 0 Å². The second-order valence-electron chi connectivity index (χ2n) is 9.05. The molecular formula is C19H38N2O2. The zero-order chi connectivity index (χ0) is 16.9. The summed E-state index contributed by atoms with van der Waals surface area (Å²) in [6, 6.07) is 0. The van der Waals surface area contributed by atoms with Crippen molar-refractivity contribution >= 4 is 0 Å². The molecule has 4 nitrogen and oxygen atoms in total. The first-order chi connectivity index (χ1) is 10.9. The topological polar surface area (TPSA) is 42.5 Å². The van der Waals surface area contributed by atoms with Gasteiger partial charge in [-0.2, -0.15) is 0 Å². The second kappa shape index (κ2) is 8.80. The molecule has 0 aliphatic carbocycles. The van der Waals surface area contributed by atoms with Crippen molar-refractivity contribution in [2.24, 2.45) is 23.2 Å². The van der Waals surface area contributed by atoms with Crippen LogP contribution >= 0.6 is 0 Å². The molecule has 2 heterocycles. The van der Waals surface area contributed by atoms with Crippen molar-refractivity contribution in [3.05, 3.63) is 0 Å². The summed E-state index contributed by atoms with van der Waals surface area (Å²) in [4.78, 5) is 0. The van der Waals surface area contributed by atoms with Crippen LogP contribution in [0.25, 0.3) is 0 Å². The van der Waals surface area contributed by atoms with Crippen LogP contribution in [-0.4, -0.2) is 51.6 Å². The SMILES string of the molecule is CC(C)CCCNCC1COC2C(CNCC(C)(C)C)COC12. The molecule has 0 saturated carbocycles. The van der Waals surface area contributed by atoms with Crippen molar-refractivity contribution in [3.63, 3.8) is 0 Å². The quantitative estimate of drug-likeness (QED) is 0.639. The highest BCUT2D eigenvalue weighted by Crippen LogP contribution is 2.34. The van der Waals surface area contributed by atoms with Crippen LogP contribution in [0.4, 0.5) is 0 Å². The molecule has 2 N–H and O–H groups in total. The lowest BCUT2D eigenvalue weighted by Gasteiger charge is -2.22. The summed E-state index contributed by atoms with van der Waals surface area (Å²) in [5.41, 5.74) is 0.331. The molecule has 2 aliphatic heterocycles. The van der Waals surface area contributed by atoms with Crippen molar-refractivity contribution in [1.82, 2.24) is 10.6 Å². The molecule has 0 aromatic rings. The van der Waals surface area contributed by atoms with E-state index in [1.807, 2.05) is 0 Å². The maximum absolute atomic E-state index is 6.08. The molecule has 2 aliphatic rings. The highest BCUT2D eigenvalue weighted by atomic mass is 16.6. The van der Waals surface area contributed by atoms with Gasteiger partial charge in [0.05, 0.1) is 25.4 Å². The average molecular weight is 327 g/mol. The fourth-order valence-electron chi connectivity index (χ4n) is 3.56. The molecule has 0 bridgehead atoms. The monoisotopic (exact) mass is 326 g/mol. The Hall–Kier alpha value is -0.160. The van der Waals surface area contributed by atoms with Crippen molar-refractivity contribution in [2.45, 2.75) is 59.7 Å². The largest absolute Gasteiger partial charge is 0.375 e. The van der Waals surface area contributed by atoms with Crippen LogP contribution in [0.5, 0.6) is 0 Å². The van der Waals surface area contributed by atoms with Gasteiger partial charge in [-0.05, 0) is 30.7 Å². The third-order valence-corrected chi connectivity index (χ3v) is 4.86. The summed E-state index contributed by atoms with van der Waals surface area (Å²) in [5.74, 6) is 1.83. The Kier molecular flexibility index (Phi) is 7.33. The molecule has 0 amide bonds. The Labute approximate surface area is 143 Å². The number of rotatable bonds is 9. The first kappa shape index (κ1) is 19.2. The van der Waals surface area contributed by atoms with Gasteiger partial charge in [-0.15, -0.1) is 0 Å². The Morgan fingerprint density at radius 3 is 2.04 bits per heavy atom. The molecule has 2 saturated heterocycles. The van der Waals surface area contributed by atoms with Crippen LogP contribution in [0.3, 0.4) is 0 Å². The Balaban J connectivity index is 1.64. The number of hydrogen-bond donors (Lipinski definition) is 2. The molecule has 4 heteroatoms. The minimum atomic E-state index is 0.296. The minimum absolute atomic E-state index is 0.296. The predicted octanol–water partition coefficient (Wildman–Crippen LogP) is 2.68. The number of fused-ring (bicyclic) bond motifs is 1. The smallest absolute Gasteiger partial charge is 0.0903 e. The van der Waals surface area contributed by atoms with Crippen molar-refractivity contribution in [2.75, 3.05) is 39.4 Å². The Morgan fingerprint density at radius 2 is 1.52 bits per heavy atom. The summed E-state index contributed by atoms with van der Waals surface area (Å²) < 4.78 is 12.2. The molecule has 4 unspecified atom stereocenters. The Bertz CT molecular complexity index is 341. The molecule has 0 aromatic heterocycles. The van der Waals surface area contributed by atoms with Crippen LogP contribution in [-0.2, 0) is 9.47 Å². The summed E-state index contributed by atoms with van der Waals surface area (Å²) in [5, 5.41) is 7.19. The van der Waals surface area contributed by atoms with Gasteiger partial charge < -0.3 is 20.1 Å². The number of hydrogen-bond acceptors (Lipinski definition) is 4. The van der Waals surface area contributed by atoms with E-state index in [0.717, 1.165) is 45.3 Å². The highest BCUT2D eigenvalue weighted by molar-refractivity contribution is 4.95. The van der Waals surface area contributed by atoms with E-state index in [1.165, 1.54) is 12.8 Å². The molecular weight excluding hydrogens is 288 g/mol. The average Bonchev–Trinajstić information content (AvgIpc) is 3.00. The minimum Gasteiger partial charge on any atom is -0.375 e. The molecule has 136 valence electrons. The first-order valence-corrected chi connectivity index (χ1v) is 9.51. The third-order valence-electron chi connectivity index (χ3n) is 4.86. The normalized spacial score (nSPS) is 31.0. The summed E-state index contributed by atoms with van der Waals surface area (Å²) >= 11 is 0. The third kappa shape index (κ3) is 6.33. The van der Waals surface area contributed by atoms with Crippen LogP contribution in [0.15, 0.2) is 0 Å². The fraction of sp³-hybridized carbons (Fsp3) is 1.00. The van der Waals surface area contributed by atoms with Crippen LogP contribution in [0.1, 0.15) is 47.5 Å². The van der Waals surface area contributed by atoms with Crippen LogP contribution < -0.4 is 10.6 Å². The van der Waals surface area contributed by atoms with Gasteiger partial charge in [-0.25, -0.2) is 0 Å². The summed E-state index contributed by atoms with van der Waals surface area (Å²) in [6.07, 6.45) is 3.16. The van der Waals surface area contributed by atoms with E-state index in [1.54, 1.807) is 0 Å². The predicted molar refractivity (Wildman–Crippen MR) is 95.7 cm³/mol. The lowest BCUT2D eigenvalue weighted by molar-refractivity contribution is 0.0602. The van der Waals surface area contributed by atoms with E-state index >= 15 is 0 Å². The van der Waals surface area contributed by atoms with Gasteiger partial charge in [-0.1, -0.05) is 34.6 Å². The molecule has 0 spiro atoms. The van der Waals surface area contributed by atoms with Gasteiger partial charge in [0, 0.05) is 31.5 Å². The maximum atomic E-state index is 6.08. The van der Waals surface area contributed by atoms with E-state index in [-0.39, 0.29) is 0 Å². The van der Waals surface area contributed by atoms with Crippen molar-refractivity contribution in [1.29, 1.82) is 0 Å². The lowest BCUT2D eigenvalue weighted by Crippen LogP contribution is -2.37. The first-order valence-electron chi connectivity index (χ1n) is 9.51. The molecule has 2 rings (SSSR count). The summed E-state index contributed by atoms with van der Waals surface area (Å²) in [6.45, 7) is 17.3. The van der Waals surface area contributed by atoms with E-state index in [9.17, 15) is 0 Å².